The molecule has 126 valence electrons. The second kappa shape index (κ2) is 5.84. The molecule has 6 nitrogen and oxygen atoms in total. The van der Waals surface area contributed by atoms with Crippen LogP contribution in [0.5, 0.6) is 0 Å². The van der Waals surface area contributed by atoms with Gasteiger partial charge in [-0.3, -0.25) is 4.79 Å². The summed E-state index contributed by atoms with van der Waals surface area (Å²) in [5.74, 6) is 1.59. The van der Waals surface area contributed by atoms with Gasteiger partial charge in [0.1, 0.15) is 0 Å². The van der Waals surface area contributed by atoms with E-state index >= 15 is 0 Å². The first-order valence-electron chi connectivity index (χ1n) is 8.33. The van der Waals surface area contributed by atoms with Crippen molar-refractivity contribution in [2.75, 3.05) is 0 Å². The van der Waals surface area contributed by atoms with Crippen molar-refractivity contribution in [3.8, 4) is 0 Å². The maximum absolute atomic E-state index is 12.6. The normalized spacial score (nSPS) is 31.8. The van der Waals surface area contributed by atoms with Gasteiger partial charge in [-0.15, -0.1) is 10.2 Å². The number of rotatable bonds is 4. The van der Waals surface area contributed by atoms with E-state index in [4.69, 9.17) is 11.6 Å². The summed E-state index contributed by atoms with van der Waals surface area (Å²) in [6.45, 7) is 2.02. The molecule has 0 atom stereocenters. The maximum Gasteiger partial charge on any atom is 0.226 e. The molecule has 1 aromatic carbocycles. The number of hydrogen-bond acceptors (Lipinski definition) is 4. The van der Waals surface area contributed by atoms with E-state index in [-0.39, 0.29) is 23.3 Å². The Labute approximate surface area is 145 Å². The highest BCUT2D eigenvalue weighted by Gasteiger charge is 2.49. The first kappa shape index (κ1) is 15.6. The molecule has 1 heterocycles. The van der Waals surface area contributed by atoms with Gasteiger partial charge in [-0.1, -0.05) is 35.9 Å². The van der Waals surface area contributed by atoms with Crippen LogP contribution in [-0.2, 0) is 4.79 Å². The molecule has 2 fully saturated rings. The van der Waals surface area contributed by atoms with Crippen molar-refractivity contribution in [1.29, 1.82) is 0 Å². The third-order valence-electron chi connectivity index (χ3n) is 5.46. The van der Waals surface area contributed by atoms with Crippen LogP contribution in [0, 0.1) is 5.41 Å². The van der Waals surface area contributed by atoms with E-state index in [0.29, 0.717) is 11.7 Å². The number of halogens is 1. The average Bonchev–Trinajstić information content (AvgIpc) is 3.00. The number of H-pyrrole nitrogens is 1. The highest BCUT2D eigenvalue weighted by molar-refractivity contribution is 6.30. The van der Waals surface area contributed by atoms with E-state index in [1.54, 1.807) is 0 Å². The van der Waals surface area contributed by atoms with Gasteiger partial charge in [0.15, 0.2) is 5.82 Å². The van der Waals surface area contributed by atoms with Gasteiger partial charge in [0.25, 0.3) is 0 Å². The number of carbonyl (C=O) groups excluding carboxylic acids is 1. The van der Waals surface area contributed by atoms with Crippen LogP contribution >= 0.6 is 11.6 Å². The zero-order valence-corrected chi connectivity index (χ0v) is 14.3. The Morgan fingerprint density at radius 3 is 2.79 bits per heavy atom. The number of tetrazole rings is 1. The Kier molecular flexibility index (Phi) is 3.79. The molecule has 24 heavy (non-hydrogen) atoms. The lowest BCUT2D eigenvalue weighted by Crippen LogP contribution is -2.52. The average molecular weight is 346 g/mol. The predicted octanol–water partition coefficient (Wildman–Crippen LogP) is 2.80. The van der Waals surface area contributed by atoms with Crippen molar-refractivity contribution in [2.24, 2.45) is 5.41 Å². The standard InChI is InChI=1S/C17H20ClN5O/c1-17(8-12(9-17)15-20-22-23-21-15)16(24)19-14-6-11(7-14)10-3-2-4-13(18)5-10/h2-5,11-12,14H,6-9H2,1H3,(H,19,24)(H,20,21,22,23). The molecule has 1 aromatic heterocycles. The van der Waals surface area contributed by atoms with Crippen LogP contribution in [0.2, 0.25) is 5.02 Å². The molecule has 2 saturated carbocycles. The van der Waals surface area contributed by atoms with Crippen LogP contribution in [-0.4, -0.2) is 32.6 Å². The Morgan fingerprint density at radius 2 is 2.12 bits per heavy atom. The van der Waals surface area contributed by atoms with Gasteiger partial charge < -0.3 is 5.32 Å². The molecule has 2 aliphatic carbocycles. The number of nitrogens with one attached hydrogen (secondary N) is 2. The van der Waals surface area contributed by atoms with Crippen molar-refractivity contribution in [1.82, 2.24) is 25.9 Å². The van der Waals surface area contributed by atoms with Gasteiger partial charge in [-0.25, -0.2) is 0 Å². The van der Waals surface area contributed by atoms with Gasteiger partial charge in [0, 0.05) is 22.4 Å². The van der Waals surface area contributed by atoms with Crippen molar-refractivity contribution >= 4 is 17.5 Å². The molecular weight excluding hydrogens is 326 g/mol. The summed E-state index contributed by atoms with van der Waals surface area (Å²) in [6.07, 6.45) is 3.53. The molecule has 0 saturated heterocycles. The molecule has 0 radical (unpaired) electrons. The van der Waals surface area contributed by atoms with Gasteiger partial charge >= 0.3 is 0 Å². The molecule has 0 spiro atoms. The van der Waals surface area contributed by atoms with Gasteiger partial charge in [0.05, 0.1) is 0 Å². The lowest BCUT2D eigenvalue weighted by atomic mass is 9.62. The van der Waals surface area contributed by atoms with Crippen molar-refractivity contribution < 1.29 is 4.79 Å². The van der Waals surface area contributed by atoms with E-state index in [0.717, 1.165) is 30.7 Å². The molecule has 0 aliphatic heterocycles. The summed E-state index contributed by atoms with van der Waals surface area (Å²) in [4.78, 5) is 12.6. The van der Waals surface area contributed by atoms with Crippen molar-refractivity contribution in [2.45, 2.75) is 50.5 Å². The van der Waals surface area contributed by atoms with Crippen LogP contribution in [0.1, 0.15) is 55.8 Å². The predicted molar refractivity (Wildman–Crippen MR) is 89.6 cm³/mol. The van der Waals surface area contributed by atoms with Crippen molar-refractivity contribution in [3.05, 3.63) is 40.7 Å². The Balaban J connectivity index is 1.28. The molecular formula is C17H20ClN5O. The minimum absolute atomic E-state index is 0.150. The van der Waals surface area contributed by atoms with Crippen molar-refractivity contribution in [3.63, 3.8) is 0 Å². The molecule has 0 unspecified atom stereocenters. The Morgan fingerprint density at radius 1 is 1.33 bits per heavy atom. The van der Waals surface area contributed by atoms with Gasteiger partial charge in [-0.05, 0) is 49.3 Å². The molecule has 4 rings (SSSR count). The van der Waals surface area contributed by atoms with Crippen LogP contribution in [0.25, 0.3) is 0 Å². The zero-order valence-electron chi connectivity index (χ0n) is 13.5. The molecule has 7 heteroatoms. The number of aromatic amines is 1. The van der Waals surface area contributed by atoms with Crippen LogP contribution in [0.15, 0.2) is 24.3 Å². The van der Waals surface area contributed by atoms with Crippen LogP contribution in [0.3, 0.4) is 0 Å². The van der Waals surface area contributed by atoms with Crippen LogP contribution < -0.4 is 5.32 Å². The van der Waals surface area contributed by atoms with E-state index in [1.165, 1.54) is 5.56 Å². The largest absolute Gasteiger partial charge is 0.353 e. The molecule has 2 aromatic rings. The minimum atomic E-state index is -0.313. The summed E-state index contributed by atoms with van der Waals surface area (Å²) < 4.78 is 0. The van der Waals surface area contributed by atoms with Gasteiger partial charge in [-0.2, -0.15) is 5.21 Å². The number of hydrogen-bond donors (Lipinski definition) is 2. The third-order valence-corrected chi connectivity index (χ3v) is 5.70. The zero-order chi connectivity index (χ0) is 16.7. The number of nitrogens with zero attached hydrogens (tertiary/aromatic N) is 3. The minimum Gasteiger partial charge on any atom is -0.353 e. The second-order valence-corrected chi connectivity index (χ2v) is 7.77. The summed E-state index contributed by atoms with van der Waals surface area (Å²) in [5.41, 5.74) is 0.951. The molecule has 1 amide bonds. The first-order chi connectivity index (χ1) is 11.5. The summed E-state index contributed by atoms with van der Waals surface area (Å²) in [7, 11) is 0. The second-order valence-electron chi connectivity index (χ2n) is 7.33. The number of amides is 1. The van der Waals surface area contributed by atoms with E-state index in [9.17, 15) is 4.79 Å². The highest BCUT2D eigenvalue weighted by atomic mass is 35.5. The van der Waals surface area contributed by atoms with E-state index in [2.05, 4.69) is 32.0 Å². The molecule has 2 aliphatic rings. The number of aromatic nitrogens is 4. The monoisotopic (exact) mass is 345 g/mol. The highest BCUT2D eigenvalue weighted by Crippen LogP contribution is 2.50. The van der Waals surface area contributed by atoms with Gasteiger partial charge in [0.2, 0.25) is 5.91 Å². The lowest BCUT2D eigenvalue weighted by molar-refractivity contribution is -0.137. The summed E-state index contributed by atoms with van der Waals surface area (Å²) >= 11 is 6.05. The fraction of sp³-hybridized carbons (Fsp3) is 0.529. The fourth-order valence-corrected chi connectivity index (χ4v) is 4.07. The topological polar surface area (TPSA) is 83.6 Å². The van der Waals surface area contributed by atoms with E-state index in [1.807, 2.05) is 25.1 Å². The lowest BCUT2D eigenvalue weighted by Gasteiger charge is -2.45. The third kappa shape index (κ3) is 2.79. The maximum atomic E-state index is 12.6. The molecule has 0 bridgehead atoms. The Hall–Kier alpha value is -1.95. The Bertz CT molecular complexity index is 735. The van der Waals surface area contributed by atoms with E-state index < -0.39 is 0 Å². The molecule has 2 N–H and O–H groups in total. The fourth-order valence-electron chi connectivity index (χ4n) is 3.87. The first-order valence-corrected chi connectivity index (χ1v) is 8.71. The summed E-state index contributed by atoms with van der Waals surface area (Å²) in [5, 5.41) is 18.1. The SMILES string of the molecule is CC1(C(=O)NC2CC(c3cccc(Cl)c3)C2)CC(c2nn[nH]n2)C1. The number of carbonyl (C=O) groups is 1. The van der Waals surface area contributed by atoms with Crippen LogP contribution in [0.4, 0.5) is 0 Å². The number of benzene rings is 1. The quantitative estimate of drug-likeness (QED) is 0.892. The smallest absolute Gasteiger partial charge is 0.226 e. The summed E-state index contributed by atoms with van der Waals surface area (Å²) in [6, 6.07) is 8.27.